The maximum Gasteiger partial charge on any atom is 0.266 e. The smallest absolute Gasteiger partial charge is 0.266 e. The van der Waals surface area contributed by atoms with E-state index in [-0.39, 0.29) is 22.2 Å². The van der Waals surface area contributed by atoms with Crippen LogP contribution in [0.15, 0.2) is 18.2 Å². The van der Waals surface area contributed by atoms with Crippen LogP contribution in [0.5, 0.6) is 0 Å². The van der Waals surface area contributed by atoms with Gasteiger partial charge in [0.2, 0.25) is 5.28 Å². The summed E-state index contributed by atoms with van der Waals surface area (Å²) in [7, 11) is 0. The third-order valence-electron chi connectivity index (χ3n) is 7.85. The number of hydrogen-bond acceptors (Lipinski definition) is 6. The maximum absolute atomic E-state index is 14.7. The van der Waals surface area contributed by atoms with Crippen molar-refractivity contribution in [1.82, 2.24) is 14.9 Å². The van der Waals surface area contributed by atoms with Gasteiger partial charge >= 0.3 is 0 Å². The first kappa shape index (κ1) is 25.4. The molecule has 2 saturated heterocycles. The van der Waals surface area contributed by atoms with Crippen LogP contribution in [0.4, 0.5) is 19.0 Å². The second-order valence-electron chi connectivity index (χ2n) is 10.6. The van der Waals surface area contributed by atoms with Gasteiger partial charge in [-0.05, 0) is 43.7 Å². The third kappa shape index (κ3) is 4.85. The summed E-state index contributed by atoms with van der Waals surface area (Å²) in [6, 6.07) is 3.84. The van der Waals surface area contributed by atoms with E-state index in [9.17, 15) is 18.0 Å². The normalized spacial score (nSPS) is 22.1. The van der Waals surface area contributed by atoms with Crippen molar-refractivity contribution >= 4 is 23.2 Å². The van der Waals surface area contributed by atoms with Gasteiger partial charge in [0.1, 0.15) is 17.4 Å². The molecule has 0 saturated carbocycles. The molecule has 1 unspecified atom stereocenters. The van der Waals surface area contributed by atoms with Crippen molar-refractivity contribution in [2.75, 3.05) is 31.6 Å². The van der Waals surface area contributed by atoms with E-state index in [1.165, 1.54) is 12.1 Å². The highest BCUT2D eigenvalue weighted by Crippen LogP contribution is 2.39. The summed E-state index contributed by atoms with van der Waals surface area (Å²) in [4.78, 5) is 24.0. The van der Waals surface area contributed by atoms with E-state index in [4.69, 9.17) is 16.3 Å². The molecule has 1 aromatic heterocycles. The van der Waals surface area contributed by atoms with Gasteiger partial charge < -0.3 is 10.1 Å². The van der Waals surface area contributed by atoms with Gasteiger partial charge in [0.05, 0.1) is 42.0 Å². The number of halogens is 4. The minimum atomic E-state index is -2.89. The number of benzene rings is 1. The Kier molecular flexibility index (Phi) is 7.00. The van der Waals surface area contributed by atoms with Gasteiger partial charge in [0.15, 0.2) is 0 Å². The molecule has 10 heteroatoms. The minimum absolute atomic E-state index is 0.0732. The third-order valence-corrected chi connectivity index (χ3v) is 8.02. The number of fused-ring (bicyclic) bond motifs is 1. The van der Waals surface area contributed by atoms with E-state index >= 15 is 0 Å². The predicted molar refractivity (Wildman–Crippen MR) is 130 cm³/mol. The summed E-state index contributed by atoms with van der Waals surface area (Å²) in [6.45, 7) is 6.84. The van der Waals surface area contributed by atoms with Crippen LogP contribution in [-0.4, -0.2) is 53.0 Å². The molecule has 2 aliphatic heterocycles. The summed E-state index contributed by atoms with van der Waals surface area (Å²) in [5, 5.41) is 3.23. The van der Waals surface area contributed by atoms with E-state index in [1.807, 2.05) is 6.92 Å². The molecule has 0 spiro atoms. The largest absolute Gasteiger partial charge is 0.378 e. The van der Waals surface area contributed by atoms with E-state index < -0.39 is 23.8 Å². The fraction of sp³-hybridized carbons (Fsp3) is 0.577. The number of hydrogen-bond donors (Lipinski definition) is 1. The fourth-order valence-corrected chi connectivity index (χ4v) is 5.74. The van der Waals surface area contributed by atoms with Gasteiger partial charge in [-0.25, -0.2) is 23.1 Å². The Balaban J connectivity index is 1.22. The number of alkyl halides is 2. The van der Waals surface area contributed by atoms with Crippen molar-refractivity contribution < 1.29 is 22.7 Å². The highest BCUT2D eigenvalue weighted by molar-refractivity contribution is 6.28. The number of carbonyl (C=O) groups excluding carboxylic acids is 1. The van der Waals surface area contributed by atoms with Crippen LogP contribution < -0.4 is 5.32 Å². The van der Waals surface area contributed by atoms with Crippen LogP contribution in [0.2, 0.25) is 5.28 Å². The molecule has 1 aliphatic carbocycles. The predicted octanol–water partition coefficient (Wildman–Crippen LogP) is 5.16. The first-order valence-corrected chi connectivity index (χ1v) is 12.8. The number of anilines is 1. The van der Waals surface area contributed by atoms with E-state index in [1.54, 1.807) is 6.92 Å². The molecular weight excluding hydrogens is 493 g/mol. The highest BCUT2D eigenvalue weighted by atomic mass is 35.5. The molecule has 1 aromatic carbocycles. The number of rotatable bonds is 9. The molecule has 2 atom stereocenters. The van der Waals surface area contributed by atoms with Crippen LogP contribution in [-0.2, 0) is 22.4 Å². The van der Waals surface area contributed by atoms with Gasteiger partial charge in [-0.3, -0.25) is 9.69 Å². The second kappa shape index (κ2) is 9.91. The molecule has 1 N–H and O–H groups in total. The Hall–Kier alpha value is -2.23. The first-order valence-electron chi connectivity index (χ1n) is 12.4. The number of carbonyl (C=O) groups is 1. The Morgan fingerprint density at radius 2 is 1.97 bits per heavy atom. The molecule has 36 heavy (non-hydrogen) atoms. The average molecular weight is 523 g/mol. The fourth-order valence-electron chi connectivity index (χ4n) is 5.55. The summed E-state index contributed by atoms with van der Waals surface area (Å²) in [6.07, 6.45) is -0.275. The van der Waals surface area contributed by atoms with Gasteiger partial charge in [-0.2, -0.15) is 0 Å². The summed E-state index contributed by atoms with van der Waals surface area (Å²) >= 11 is 6.17. The highest BCUT2D eigenvalue weighted by Gasteiger charge is 2.48. The zero-order valence-corrected chi connectivity index (χ0v) is 21.1. The van der Waals surface area contributed by atoms with Crippen LogP contribution in [0.1, 0.15) is 61.5 Å². The summed E-state index contributed by atoms with van der Waals surface area (Å²) in [5.41, 5.74) is 0.923. The van der Waals surface area contributed by atoms with Crippen LogP contribution in [0, 0.1) is 17.2 Å². The minimum Gasteiger partial charge on any atom is -0.378 e. The lowest BCUT2D eigenvalue weighted by Crippen LogP contribution is -2.65. The lowest BCUT2D eigenvalue weighted by molar-refractivity contribution is -0.154. The first-order chi connectivity index (χ1) is 17.1. The molecule has 2 fully saturated rings. The van der Waals surface area contributed by atoms with Crippen LogP contribution in [0.3, 0.4) is 0 Å². The number of nitrogens with one attached hydrogen (secondary N) is 1. The van der Waals surface area contributed by atoms with Gasteiger partial charge in [-0.15, -0.1) is 0 Å². The monoisotopic (exact) mass is 522 g/mol. The molecule has 6 nitrogen and oxygen atoms in total. The van der Waals surface area contributed by atoms with Crippen molar-refractivity contribution in [3.05, 3.63) is 51.7 Å². The molecule has 0 amide bonds. The summed E-state index contributed by atoms with van der Waals surface area (Å²) in [5.74, 6) is 0.0813. The van der Waals surface area contributed by atoms with Crippen molar-refractivity contribution in [3.63, 3.8) is 0 Å². The van der Waals surface area contributed by atoms with Gasteiger partial charge in [0.25, 0.3) is 6.43 Å². The van der Waals surface area contributed by atoms with E-state index in [0.717, 1.165) is 50.0 Å². The molecule has 2 aromatic rings. The molecule has 3 aliphatic rings. The van der Waals surface area contributed by atoms with Crippen molar-refractivity contribution in [2.24, 2.45) is 11.3 Å². The van der Waals surface area contributed by atoms with Crippen molar-refractivity contribution in [3.8, 4) is 0 Å². The van der Waals surface area contributed by atoms with Crippen LogP contribution >= 0.6 is 11.6 Å². The number of likely N-dealkylation sites (tertiary alicyclic amines) is 1. The topological polar surface area (TPSA) is 67.4 Å². The Labute approximate surface area is 213 Å². The Morgan fingerprint density at radius 1 is 1.25 bits per heavy atom. The SMILES string of the molecule is C[C@@H](Nc1nc(Cl)nc2c1CC(CCC(=O)C1(C)CN(C3COC3)C1)C2)c1cccc(C(F)F)c1F. The number of aromatic nitrogens is 2. The van der Waals surface area contributed by atoms with Crippen LogP contribution in [0.25, 0.3) is 0 Å². The Bertz CT molecular complexity index is 1150. The van der Waals surface area contributed by atoms with Gasteiger partial charge in [-0.1, -0.05) is 25.1 Å². The Morgan fingerprint density at radius 3 is 2.64 bits per heavy atom. The zero-order valence-electron chi connectivity index (χ0n) is 20.4. The molecule has 0 bridgehead atoms. The maximum atomic E-state index is 14.7. The quantitative estimate of drug-likeness (QED) is 0.459. The average Bonchev–Trinajstić information content (AvgIpc) is 3.17. The molecule has 3 heterocycles. The molecule has 5 rings (SSSR count). The number of ketones is 1. The molecule has 194 valence electrons. The number of ether oxygens (including phenoxy) is 1. The van der Waals surface area contributed by atoms with Crippen molar-refractivity contribution in [2.45, 2.75) is 58.0 Å². The molecular formula is C26H30ClF3N4O2. The molecule has 0 radical (unpaired) electrons. The van der Waals surface area contributed by atoms with E-state index in [2.05, 4.69) is 20.2 Å². The number of nitrogens with zero attached hydrogens (tertiary/aromatic N) is 3. The van der Waals surface area contributed by atoms with E-state index in [0.29, 0.717) is 36.9 Å². The van der Waals surface area contributed by atoms with Gasteiger partial charge in [0, 0.05) is 30.6 Å². The second-order valence-corrected chi connectivity index (χ2v) is 10.9. The lowest BCUT2D eigenvalue weighted by Gasteiger charge is -2.52. The van der Waals surface area contributed by atoms with Crippen molar-refractivity contribution in [1.29, 1.82) is 0 Å². The number of Topliss-reactive ketones (excluding diaryl/α,β-unsaturated/α-hetero) is 1. The lowest BCUT2D eigenvalue weighted by atomic mass is 9.74. The summed E-state index contributed by atoms with van der Waals surface area (Å²) < 4.78 is 46.2. The zero-order chi connectivity index (χ0) is 25.6. The standard InChI is InChI=1S/C26H30ClF3N4O2/c1-14(17-4-3-5-18(22(17)28)23(29)30)31-24-19-8-15(9-20(19)32-25(27)33-24)6-7-21(35)26(2)12-34(13-26)16-10-36-11-16/h3-5,14-16,23H,6-13H2,1-2H3,(H,31,32,33)/t14-,15?/m1/s1.